The summed E-state index contributed by atoms with van der Waals surface area (Å²) >= 11 is 1.50. The molecule has 148 valence electrons. The molecule has 0 amide bonds. The van der Waals surface area contributed by atoms with Crippen LogP contribution in [-0.4, -0.2) is 17.2 Å². The van der Waals surface area contributed by atoms with Gasteiger partial charge in [0, 0.05) is 0 Å². The van der Waals surface area contributed by atoms with Gasteiger partial charge in [-0.05, 0) is 55.2 Å². The molecule has 4 nitrogen and oxygen atoms in total. The Morgan fingerprint density at radius 3 is 2.48 bits per heavy atom. The Morgan fingerprint density at radius 1 is 0.966 bits per heavy atom. The molecule has 0 spiro atoms. The summed E-state index contributed by atoms with van der Waals surface area (Å²) in [5.41, 5.74) is 2.04. The molecule has 3 aromatic carbocycles. The molecule has 0 aliphatic heterocycles. The Hall–Kier alpha value is -2.89. The summed E-state index contributed by atoms with van der Waals surface area (Å²) in [6, 6.07) is 23.6. The highest BCUT2D eigenvalue weighted by molar-refractivity contribution is 7.20. The van der Waals surface area contributed by atoms with Gasteiger partial charge in [0.25, 0.3) is 5.19 Å². The molecule has 1 aromatic heterocycles. The first-order chi connectivity index (χ1) is 14.0. The summed E-state index contributed by atoms with van der Waals surface area (Å²) in [6.07, 6.45) is 1.33. The fourth-order valence-electron chi connectivity index (χ4n) is 3.27. The van der Waals surface area contributed by atoms with Crippen LogP contribution in [0.25, 0.3) is 10.2 Å². The third kappa shape index (κ3) is 4.42. The Morgan fingerprint density at radius 2 is 1.72 bits per heavy atom. The lowest BCUT2D eigenvalue weighted by atomic mass is 9.89. The van der Waals surface area contributed by atoms with Crippen molar-refractivity contribution in [2.45, 2.75) is 25.4 Å². The molecule has 29 heavy (non-hydrogen) atoms. The van der Waals surface area contributed by atoms with Crippen LogP contribution < -0.4 is 9.47 Å². The van der Waals surface area contributed by atoms with Crippen molar-refractivity contribution in [3.8, 4) is 16.7 Å². The van der Waals surface area contributed by atoms with Gasteiger partial charge >= 0.3 is 0 Å². The summed E-state index contributed by atoms with van der Waals surface area (Å²) in [5.74, 6) is 1.28. The number of methoxy groups -OCH3 is 1. The zero-order valence-electron chi connectivity index (χ0n) is 16.5. The van der Waals surface area contributed by atoms with E-state index in [1.165, 1.54) is 11.3 Å². The second kappa shape index (κ2) is 8.23. The van der Waals surface area contributed by atoms with Crippen LogP contribution in [0.15, 0.2) is 72.8 Å². The number of nitrogens with zero attached hydrogens (tertiary/aromatic N) is 1. The van der Waals surface area contributed by atoms with Crippen molar-refractivity contribution < 1.29 is 14.6 Å². The van der Waals surface area contributed by atoms with Crippen molar-refractivity contribution in [2.75, 3.05) is 7.11 Å². The second-order valence-corrected chi connectivity index (χ2v) is 8.17. The van der Waals surface area contributed by atoms with E-state index in [1.807, 2.05) is 79.7 Å². The number of para-hydroxylation sites is 1. The zero-order chi connectivity index (χ0) is 20.3. The van der Waals surface area contributed by atoms with Crippen LogP contribution in [0.4, 0.5) is 0 Å². The van der Waals surface area contributed by atoms with E-state index in [1.54, 1.807) is 7.11 Å². The first-order valence-corrected chi connectivity index (χ1v) is 10.3. The summed E-state index contributed by atoms with van der Waals surface area (Å²) in [5, 5.41) is 11.4. The fraction of sp³-hybridized carbons (Fsp3) is 0.208. The van der Waals surface area contributed by atoms with Crippen molar-refractivity contribution in [3.63, 3.8) is 0 Å². The maximum atomic E-state index is 10.8. The topological polar surface area (TPSA) is 51.6 Å². The van der Waals surface area contributed by atoms with E-state index in [4.69, 9.17) is 9.47 Å². The Balaban J connectivity index is 1.49. The van der Waals surface area contributed by atoms with Gasteiger partial charge in [-0.25, -0.2) is 4.98 Å². The number of benzene rings is 3. The minimum Gasteiger partial charge on any atom is -0.493 e. The molecule has 0 aliphatic rings. The van der Waals surface area contributed by atoms with Gasteiger partial charge in [0.15, 0.2) is 11.5 Å². The van der Waals surface area contributed by atoms with E-state index in [0.717, 1.165) is 27.8 Å². The van der Waals surface area contributed by atoms with Crippen molar-refractivity contribution in [1.29, 1.82) is 0 Å². The third-order valence-electron chi connectivity index (χ3n) is 5.00. The Kier molecular flexibility index (Phi) is 5.51. The molecule has 1 unspecified atom stereocenters. The number of hydrogen-bond donors (Lipinski definition) is 1. The van der Waals surface area contributed by atoms with Crippen LogP contribution in [0.2, 0.25) is 0 Å². The van der Waals surface area contributed by atoms with Gasteiger partial charge in [0.2, 0.25) is 0 Å². The van der Waals surface area contributed by atoms with Crippen LogP contribution in [0.5, 0.6) is 16.7 Å². The maximum absolute atomic E-state index is 10.8. The molecule has 4 aromatic rings. The van der Waals surface area contributed by atoms with Gasteiger partial charge in [-0.15, -0.1) is 0 Å². The van der Waals surface area contributed by atoms with E-state index >= 15 is 0 Å². The molecule has 0 radical (unpaired) electrons. The van der Waals surface area contributed by atoms with Crippen LogP contribution in [-0.2, 0) is 12.0 Å². The van der Waals surface area contributed by atoms with E-state index in [9.17, 15) is 5.11 Å². The first kappa shape index (κ1) is 19.4. The van der Waals surface area contributed by atoms with Gasteiger partial charge < -0.3 is 14.6 Å². The lowest BCUT2D eigenvalue weighted by molar-refractivity contribution is 0.0480. The molecule has 1 atom stereocenters. The molecule has 0 fully saturated rings. The number of aromatic nitrogens is 1. The zero-order valence-corrected chi connectivity index (χ0v) is 17.3. The van der Waals surface area contributed by atoms with E-state index in [0.29, 0.717) is 23.1 Å². The Bertz CT molecular complexity index is 1070. The van der Waals surface area contributed by atoms with Crippen LogP contribution in [0, 0.1) is 0 Å². The van der Waals surface area contributed by atoms with Crippen molar-refractivity contribution in [2.24, 2.45) is 0 Å². The highest BCUT2D eigenvalue weighted by Gasteiger charge is 2.22. The number of aliphatic hydroxyl groups is 1. The number of ether oxygens (including phenoxy) is 2. The van der Waals surface area contributed by atoms with Gasteiger partial charge in [0.05, 0.1) is 22.9 Å². The van der Waals surface area contributed by atoms with Crippen LogP contribution >= 0.6 is 11.3 Å². The predicted octanol–water partition coefficient (Wildman–Crippen LogP) is 5.94. The minimum absolute atomic E-state index is 0.587. The minimum atomic E-state index is -0.884. The highest BCUT2D eigenvalue weighted by atomic mass is 32.1. The maximum Gasteiger partial charge on any atom is 0.279 e. The van der Waals surface area contributed by atoms with E-state index in [-0.39, 0.29) is 0 Å². The number of rotatable bonds is 7. The molecule has 1 N–H and O–H groups in total. The molecule has 4 rings (SSSR count). The summed E-state index contributed by atoms with van der Waals surface area (Å²) < 4.78 is 12.6. The van der Waals surface area contributed by atoms with Crippen molar-refractivity contribution in [3.05, 3.63) is 83.9 Å². The SMILES string of the molecule is COc1cc(CCC(C)(O)c2ccccc2)ccc1Oc1nc2ccccc2s1. The quantitative estimate of drug-likeness (QED) is 0.413. The number of fused-ring (bicyclic) bond motifs is 1. The first-order valence-electron chi connectivity index (χ1n) is 9.53. The molecule has 0 saturated heterocycles. The average molecular weight is 406 g/mol. The van der Waals surface area contributed by atoms with Gasteiger partial charge in [-0.2, -0.15) is 0 Å². The number of hydrogen-bond acceptors (Lipinski definition) is 5. The normalized spacial score (nSPS) is 13.2. The predicted molar refractivity (Wildman–Crippen MR) is 117 cm³/mol. The Labute approximate surface area is 174 Å². The molecule has 5 heteroatoms. The number of thiazole rings is 1. The van der Waals surface area contributed by atoms with Crippen molar-refractivity contribution >= 4 is 21.6 Å². The third-order valence-corrected chi connectivity index (χ3v) is 5.91. The second-order valence-electron chi connectivity index (χ2n) is 7.17. The number of aryl methyl sites for hydroxylation is 1. The van der Waals surface area contributed by atoms with Crippen molar-refractivity contribution in [1.82, 2.24) is 4.98 Å². The van der Waals surface area contributed by atoms with Gasteiger partial charge in [0.1, 0.15) is 0 Å². The molecular formula is C24H23NO3S. The average Bonchev–Trinajstić information content (AvgIpc) is 3.16. The van der Waals surface area contributed by atoms with E-state index < -0.39 is 5.60 Å². The summed E-state index contributed by atoms with van der Waals surface area (Å²) in [4.78, 5) is 4.52. The lowest BCUT2D eigenvalue weighted by Gasteiger charge is -2.24. The van der Waals surface area contributed by atoms with Gasteiger partial charge in [-0.1, -0.05) is 59.9 Å². The monoisotopic (exact) mass is 405 g/mol. The highest BCUT2D eigenvalue weighted by Crippen LogP contribution is 2.37. The molecule has 1 heterocycles. The fourth-order valence-corrected chi connectivity index (χ4v) is 4.10. The standard InChI is InChI=1S/C24H23NO3S/c1-24(26,18-8-4-3-5-9-18)15-14-17-12-13-20(21(16-17)27-2)28-23-25-19-10-6-7-11-22(19)29-23/h3-13,16,26H,14-15H2,1-2H3. The summed E-state index contributed by atoms with van der Waals surface area (Å²) in [7, 11) is 1.63. The van der Waals surface area contributed by atoms with E-state index in [2.05, 4.69) is 4.98 Å². The molecule has 0 saturated carbocycles. The molecule has 0 aliphatic carbocycles. The lowest BCUT2D eigenvalue weighted by Crippen LogP contribution is -2.21. The largest absolute Gasteiger partial charge is 0.493 e. The summed E-state index contributed by atoms with van der Waals surface area (Å²) in [6.45, 7) is 1.85. The van der Waals surface area contributed by atoms with Gasteiger partial charge in [-0.3, -0.25) is 0 Å². The molecule has 0 bridgehead atoms. The van der Waals surface area contributed by atoms with Crippen LogP contribution in [0.1, 0.15) is 24.5 Å². The molecular weight excluding hydrogens is 382 g/mol. The smallest absolute Gasteiger partial charge is 0.279 e. The van der Waals surface area contributed by atoms with Crippen LogP contribution in [0.3, 0.4) is 0 Å².